The Morgan fingerprint density at radius 2 is 1.97 bits per heavy atom. The molecular weight excluding hydrogens is 421 g/mol. The van der Waals surface area contributed by atoms with Gasteiger partial charge in [-0.25, -0.2) is 0 Å². The van der Waals surface area contributed by atoms with Crippen molar-refractivity contribution in [3.05, 3.63) is 78.9 Å². The standard InChI is InChI=1S/C22H26ClN3O.C2H3O.Na/c1-16(26(2)15-20-12-5-6-13-24-20)22(27)25-21(17-8-3-4-9-17)18-10-7-11-19(23)14-18;1-2-3;/h5-7,10-14,16-17,21H,1-4,8-9,15H2,(H,25,27);1H3;/q-2;-1;+1. The summed E-state index contributed by atoms with van der Waals surface area (Å²) in [6, 6.07) is 12.8. The van der Waals surface area contributed by atoms with E-state index in [1.807, 2.05) is 42.5 Å². The van der Waals surface area contributed by atoms with Gasteiger partial charge in [-0.1, -0.05) is 48.7 Å². The first-order chi connectivity index (χ1) is 14.5. The third-order valence-corrected chi connectivity index (χ3v) is 5.45. The fraction of sp³-hybridized carbons (Fsp3) is 0.375. The van der Waals surface area contributed by atoms with Crippen molar-refractivity contribution < 1.29 is 39.1 Å². The van der Waals surface area contributed by atoms with Crippen LogP contribution < -0.4 is 34.9 Å². The second-order valence-corrected chi connectivity index (χ2v) is 7.81. The maximum absolute atomic E-state index is 12.9. The molecule has 1 fully saturated rings. The fourth-order valence-corrected chi connectivity index (χ4v) is 3.89. The molecule has 1 N–H and O–H groups in total. The third kappa shape index (κ3) is 9.03. The molecule has 2 aromatic rings. The number of carbonyl (C=O) groups excluding carboxylic acids is 2. The Bertz CT molecular complexity index is 800. The average molecular weight is 450 g/mol. The summed E-state index contributed by atoms with van der Waals surface area (Å²) in [5.41, 5.74) is 1.91. The van der Waals surface area contributed by atoms with Gasteiger partial charge >= 0.3 is 29.6 Å². The van der Waals surface area contributed by atoms with Crippen LogP contribution in [0.2, 0.25) is 5.02 Å². The van der Waals surface area contributed by atoms with E-state index in [1.54, 1.807) is 11.1 Å². The minimum Gasteiger partial charge on any atom is -0.542 e. The molecular formula is C24H29ClN3NaO2-2. The van der Waals surface area contributed by atoms with Crippen LogP contribution in [-0.4, -0.2) is 28.1 Å². The summed E-state index contributed by atoms with van der Waals surface area (Å²) in [5.74, 6) is 0.298. The van der Waals surface area contributed by atoms with Crippen LogP contribution in [0.15, 0.2) is 48.7 Å². The fourth-order valence-electron chi connectivity index (χ4n) is 3.69. The Labute approximate surface area is 213 Å². The van der Waals surface area contributed by atoms with Gasteiger partial charge in [0.2, 0.25) is 5.91 Å². The summed E-state index contributed by atoms with van der Waals surface area (Å²) in [7, 11) is 3.99. The maximum Gasteiger partial charge on any atom is 1.00 e. The number of rotatable bonds is 7. The Morgan fingerprint density at radius 1 is 1.29 bits per heavy atom. The normalized spacial score (nSPS) is 15.3. The number of halogens is 1. The monoisotopic (exact) mass is 449 g/mol. The molecule has 0 aliphatic heterocycles. The predicted octanol–water partition coefficient (Wildman–Crippen LogP) is 1.70. The van der Waals surface area contributed by atoms with Crippen molar-refractivity contribution >= 4 is 23.8 Å². The molecule has 0 spiro atoms. The summed E-state index contributed by atoms with van der Waals surface area (Å²) < 4.78 is 0. The van der Waals surface area contributed by atoms with Gasteiger partial charge in [0.15, 0.2) is 0 Å². The predicted molar refractivity (Wildman–Crippen MR) is 120 cm³/mol. The largest absolute Gasteiger partial charge is 1.00 e. The number of nitrogens with zero attached hydrogens (tertiary/aromatic N) is 2. The van der Waals surface area contributed by atoms with Crippen LogP contribution in [0.5, 0.6) is 0 Å². The third-order valence-electron chi connectivity index (χ3n) is 5.21. The molecule has 2 unspecified atom stereocenters. The van der Waals surface area contributed by atoms with Crippen molar-refractivity contribution in [1.29, 1.82) is 0 Å². The molecule has 0 saturated heterocycles. The van der Waals surface area contributed by atoms with E-state index in [2.05, 4.69) is 24.3 Å². The topological polar surface area (TPSA) is 62.3 Å². The summed E-state index contributed by atoms with van der Waals surface area (Å²) in [6.45, 7) is 5.81. The zero-order chi connectivity index (χ0) is 21.9. The van der Waals surface area contributed by atoms with Gasteiger partial charge in [-0.2, -0.15) is 6.92 Å². The first kappa shape index (κ1) is 27.8. The van der Waals surface area contributed by atoms with Crippen molar-refractivity contribution in [2.75, 3.05) is 0 Å². The smallest absolute Gasteiger partial charge is 0.542 e. The van der Waals surface area contributed by atoms with E-state index in [0.717, 1.165) is 24.1 Å². The molecule has 3 rings (SSSR count). The number of pyridine rings is 1. The second-order valence-electron chi connectivity index (χ2n) is 7.37. The van der Waals surface area contributed by atoms with E-state index in [1.165, 1.54) is 26.1 Å². The van der Waals surface area contributed by atoms with E-state index < -0.39 is 6.04 Å². The molecule has 1 heterocycles. The van der Waals surface area contributed by atoms with Crippen LogP contribution in [0, 0.1) is 19.9 Å². The molecule has 7 heteroatoms. The van der Waals surface area contributed by atoms with Crippen molar-refractivity contribution in [1.82, 2.24) is 15.2 Å². The van der Waals surface area contributed by atoms with Crippen LogP contribution >= 0.6 is 11.6 Å². The van der Waals surface area contributed by atoms with Gasteiger partial charge in [-0.15, -0.1) is 0 Å². The Kier molecular flexibility index (Phi) is 13.2. The maximum atomic E-state index is 12.9. The zero-order valence-electron chi connectivity index (χ0n) is 18.4. The average Bonchev–Trinajstić information content (AvgIpc) is 3.27. The Hall–Kier alpha value is -1.24. The molecule has 1 saturated carbocycles. The molecule has 2 atom stereocenters. The van der Waals surface area contributed by atoms with E-state index in [0.29, 0.717) is 17.5 Å². The molecule has 5 nitrogen and oxygen atoms in total. The van der Waals surface area contributed by atoms with Crippen molar-refractivity contribution in [3.8, 4) is 0 Å². The number of aromatic nitrogens is 1. The second kappa shape index (κ2) is 14.8. The SMILES string of the molecule is C[C-]=O.[CH2-]C(C(=O)NC(c1cccc(Cl)c1)C1CCCC1)N([CH2-])Cc1ccccn1.[Na+]. The number of nitrogens with one attached hydrogen (secondary N) is 1. The quantitative estimate of drug-likeness (QED) is 0.516. The summed E-state index contributed by atoms with van der Waals surface area (Å²) in [4.78, 5) is 27.5. The van der Waals surface area contributed by atoms with Crippen LogP contribution in [0.1, 0.15) is 49.9 Å². The molecule has 0 bridgehead atoms. The van der Waals surface area contributed by atoms with Gasteiger partial charge < -0.3 is 21.9 Å². The van der Waals surface area contributed by atoms with E-state index in [4.69, 9.17) is 16.4 Å². The molecule has 0 radical (unpaired) electrons. The number of amides is 1. The van der Waals surface area contributed by atoms with Crippen LogP contribution in [0.4, 0.5) is 0 Å². The van der Waals surface area contributed by atoms with Gasteiger partial charge in [0.1, 0.15) is 0 Å². The van der Waals surface area contributed by atoms with Crippen LogP contribution in [0.3, 0.4) is 0 Å². The van der Waals surface area contributed by atoms with Crippen molar-refractivity contribution in [2.45, 2.75) is 51.2 Å². The molecule has 1 aliphatic rings. The van der Waals surface area contributed by atoms with Gasteiger partial charge in [0.25, 0.3) is 0 Å². The molecule has 31 heavy (non-hydrogen) atoms. The number of hydrogen-bond acceptors (Lipinski definition) is 4. The summed E-state index contributed by atoms with van der Waals surface area (Å²) in [5, 5.41) is 3.89. The van der Waals surface area contributed by atoms with Gasteiger partial charge in [-0.05, 0) is 48.6 Å². The van der Waals surface area contributed by atoms with E-state index >= 15 is 0 Å². The molecule has 162 valence electrons. The minimum absolute atomic E-state index is 0. The van der Waals surface area contributed by atoms with E-state index in [9.17, 15) is 4.79 Å². The first-order valence-corrected chi connectivity index (χ1v) is 10.5. The first-order valence-electron chi connectivity index (χ1n) is 10.1. The van der Waals surface area contributed by atoms with Crippen molar-refractivity contribution in [2.24, 2.45) is 5.92 Å². The Morgan fingerprint density at radius 3 is 2.55 bits per heavy atom. The molecule has 1 aliphatic carbocycles. The minimum atomic E-state index is -0.602. The number of benzene rings is 1. The van der Waals surface area contributed by atoms with Crippen molar-refractivity contribution in [3.63, 3.8) is 0 Å². The summed E-state index contributed by atoms with van der Waals surface area (Å²) in [6.07, 6.45) is 7.86. The van der Waals surface area contributed by atoms with Gasteiger partial charge in [0, 0.05) is 17.8 Å². The van der Waals surface area contributed by atoms with Crippen LogP contribution in [-0.2, 0) is 16.1 Å². The van der Waals surface area contributed by atoms with Gasteiger partial charge in [0.05, 0.1) is 11.7 Å². The molecule has 1 aromatic heterocycles. The van der Waals surface area contributed by atoms with Gasteiger partial charge in [-0.3, -0.25) is 23.1 Å². The zero-order valence-corrected chi connectivity index (χ0v) is 21.1. The number of carbonyl (C=O) groups is 1. The Balaban J connectivity index is 0.00000113. The number of hydrogen-bond donors (Lipinski definition) is 1. The van der Waals surface area contributed by atoms with Crippen LogP contribution in [0.25, 0.3) is 0 Å². The molecule has 1 amide bonds. The molecule has 1 aromatic carbocycles. The van der Waals surface area contributed by atoms with E-state index in [-0.39, 0.29) is 41.5 Å². The summed E-state index contributed by atoms with van der Waals surface area (Å²) >= 11 is 6.19.